The van der Waals surface area contributed by atoms with Gasteiger partial charge in [-0.1, -0.05) is 166 Å². The van der Waals surface area contributed by atoms with E-state index in [1.54, 1.807) is 68.8 Å². The SMILES string of the molecule is CC1(c2ccc(C(NC(=O)C3CC(F)CN3C(=O)CN3CCN(C(=O)OCC(F)(F)F)CC3=O)c3ccccc3)cc2F)CC1.CN1C(=O)C(CC(=O)N2CC(F)CC2C(=O)NC(c2ccccc2)c2ccc(C3(C)CC3)c(F)c2)c2ccccc21.COCCN1CCN(C(=O)OCC(=O)N2CC(F)CC2C(=O)NC(c2ccccc2)c2ccc(C3(C)CC3)c(F)c2)CC1. The number of hydrogen-bond acceptors (Lipinski definition) is 14. The van der Waals surface area contributed by atoms with Crippen LogP contribution in [-0.2, 0) is 68.8 Å². The fourth-order valence-corrected chi connectivity index (χ4v) is 17.9. The van der Waals surface area contributed by atoms with Crippen molar-refractivity contribution in [3.05, 3.63) is 243 Å². The summed E-state index contributed by atoms with van der Waals surface area (Å²) in [7, 11) is 3.31. The van der Waals surface area contributed by atoms with Crippen LogP contribution in [0.1, 0.15) is 165 Å². The Hall–Kier alpha value is -11.9. The number of nitrogens with zero attached hydrogens (tertiary/aromatic N) is 8. The van der Waals surface area contributed by atoms with Gasteiger partial charge in [0.25, 0.3) is 5.91 Å². The monoisotopic (exact) mass is 1790 g/mol. The lowest BCUT2D eigenvalue weighted by atomic mass is 9.92. The minimum Gasteiger partial charge on any atom is -0.440 e. The summed E-state index contributed by atoms with van der Waals surface area (Å²) in [6.45, 7) is 4.94. The maximum atomic E-state index is 15.2. The number of anilines is 1. The first kappa shape index (κ1) is 93.3. The molecule has 8 fully saturated rings. The minimum absolute atomic E-state index is 0.139. The fraction of sp³-hybridized carbons (Fsp3) is 0.458. The van der Waals surface area contributed by atoms with Crippen LogP contribution in [0.2, 0.25) is 0 Å². The number of methoxy groups -OCH3 is 1. The number of carbonyl (C=O) groups excluding carboxylic acids is 10. The Morgan fingerprint density at radius 3 is 1.26 bits per heavy atom. The molecule has 0 aromatic heterocycles. The van der Waals surface area contributed by atoms with Gasteiger partial charge < -0.3 is 59.6 Å². The van der Waals surface area contributed by atoms with Crippen molar-refractivity contribution in [2.45, 2.75) is 168 Å². The summed E-state index contributed by atoms with van der Waals surface area (Å²) < 4.78 is 141. The van der Waals surface area contributed by atoms with Crippen LogP contribution in [-0.4, -0.2) is 249 Å². The van der Waals surface area contributed by atoms with Crippen LogP contribution in [0.3, 0.4) is 0 Å². The van der Waals surface area contributed by atoms with Crippen LogP contribution in [0.25, 0.3) is 0 Å². The average Bonchev–Trinajstić information content (AvgIpc) is 1.56. The summed E-state index contributed by atoms with van der Waals surface area (Å²) >= 11 is 0. The topological polar surface area (TPSA) is 260 Å². The molecule has 33 heteroatoms. The van der Waals surface area contributed by atoms with Crippen LogP contribution < -0.4 is 20.9 Å². The largest absolute Gasteiger partial charge is 0.440 e. The van der Waals surface area contributed by atoms with Gasteiger partial charge in [0.2, 0.25) is 41.4 Å². The first-order chi connectivity index (χ1) is 61.6. The highest BCUT2D eigenvalue weighted by Gasteiger charge is 2.49. The van der Waals surface area contributed by atoms with Crippen LogP contribution in [0.15, 0.2) is 170 Å². The smallest absolute Gasteiger partial charge is 0.422 e. The highest BCUT2D eigenvalue weighted by atomic mass is 19.4. The van der Waals surface area contributed by atoms with E-state index >= 15 is 13.2 Å². The standard InChI is InChI=1S/C33H33F2N3O3.C32H40F2N4O5.C31H33F5N4O5/c1-33(14-15-33)25-13-12-21(16-26(25)35)30(20-8-4-3-5-9-20)36-31(40)28-17-22(34)19-38(28)29(39)18-24-23-10-6-7-11-27(23)37(2)32(24)41;1-32(10-11-32)25-9-8-23(18-26(25)34)29(22-6-4-3-5-7-22)35-30(40)27-19-24(33)20-38(27)28(39)21-43-31(41)37-14-12-36(13-15-37)16-17-42-2;1-30(9-10-30)22-8-7-20(13-23(22)33)27(19-5-3-2-4-6-19)37-28(43)24-14-21(32)15-40(24)26(42)17-38-11-12-39(16-25(38)41)29(44)45-18-31(34,35)36/h3-13,16,22,24,28,30H,14-15,17-19H2,1-2H3,(H,36,40);3-9,18,24,27,29H,10-17,19-21H2,1-2H3,(H,35,40);2-8,13,21,24,27H,9-12,14-18H2,1H3,(H,37,43). The van der Waals surface area contributed by atoms with Gasteiger partial charge in [0.15, 0.2) is 13.2 Å². The third-order valence-electron chi connectivity index (χ3n) is 26.3. The number of rotatable bonds is 25. The van der Waals surface area contributed by atoms with Gasteiger partial charge >= 0.3 is 18.4 Å². The normalized spacial score (nSPS) is 22.4. The van der Waals surface area contributed by atoms with E-state index < -0.39 is 147 Å². The Morgan fingerprint density at radius 2 is 0.860 bits per heavy atom. The number of halogens is 9. The van der Waals surface area contributed by atoms with E-state index in [2.05, 4.69) is 25.6 Å². The number of fused-ring (bicyclic) bond motifs is 1. The van der Waals surface area contributed by atoms with Gasteiger partial charge in [-0.15, -0.1) is 0 Å². The van der Waals surface area contributed by atoms with Crippen molar-refractivity contribution in [3.8, 4) is 0 Å². The second-order valence-corrected chi connectivity index (χ2v) is 35.6. The van der Waals surface area contributed by atoms with Crippen molar-refractivity contribution in [1.29, 1.82) is 0 Å². The molecule has 10 amide bonds. The van der Waals surface area contributed by atoms with Crippen LogP contribution in [0.4, 0.5) is 54.8 Å². The van der Waals surface area contributed by atoms with Gasteiger partial charge in [0.05, 0.1) is 56.8 Å². The maximum Gasteiger partial charge on any atom is 0.422 e. The molecule has 3 aliphatic carbocycles. The van der Waals surface area contributed by atoms with Crippen molar-refractivity contribution >= 4 is 65.1 Å². The zero-order chi connectivity index (χ0) is 92.0. The average molecular weight is 1790 g/mol. The summed E-state index contributed by atoms with van der Waals surface area (Å²) in [6, 6.07) is 43.9. The van der Waals surface area contributed by atoms with Crippen LogP contribution in [0, 0.1) is 17.5 Å². The van der Waals surface area contributed by atoms with Crippen molar-refractivity contribution in [1.82, 2.24) is 50.2 Å². The van der Waals surface area contributed by atoms with E-state index in [-0.39, 0.29) is 98.0 Å². The number of nitrogens with one attached hydrogen (secondary N) is 3. The molecule has 6 aliphatic heterocycles. The molecule has 129 heavy (non-hydrogen) atoms. The Kier molecular flexibility index (Phi) is 28.6. The highest BCUT2D eigenvalue weighted by Crippen LogP contribution is 2.51. The zero-order valence-corrected chi connectivity index (χ0v) is 72.4. The summed E-state index contributed by atoms with van der Waals surface area (Å²) in [5.41, 5.74) is 6.63. The van der Waals surface area contributed by atoms with E-state index in [9.17, 15) is 74.3 Å². The number of likely N-dealkylation sites (tertiary alicyclic amines) is 3. The first-order valence-corrected chi connectivity index (χ1v) is 43.6. The van der Waals surface area contributed by atoms with E-state index in [4.69, 9.17) is 9.47 Å². The molecule has 0 radical (unpaired) electrons. The van der Waals surface area contributed by atoms with Crippen molar-refractivity contribution in [2.75, 3.05) is 117 Å². The molecule has 6 heterocycles. The molecule has 0 bridgehead atoms. The summed E-state index contributed by atoms with van der Waals surface area (Å²) in [4.78, 5) is 141. The molecule has 24 nitrogen and oxygen atoms in total. The van der Waals surface area contributed by atoms with Gasteiger partial charge in [0, 0.05) is 91.3 Å². The van der Waals surface area contributed by atoms with Gasteiger partial charge in [-0.25, -0.2) is 35.9 Å². The van der Waals surface area contributed by atoms with E-state index in [0.717, 1.165) is 87.0 Å². The van der Waals surface area contributed by atoms with Gasteiger partial charge in [0.1, 0.15) is 60.6 Å². The molecule has 7 aromatic rings. The van der Waals surface area contributed by atoms with E-state index in [1.165, 1.54) is 32.9 Å². The molecule has 10 unspecified atom stereocenters. The Labute approximate surface area is 742 Å². The number of amides is 10. The number of hydrogen-bond donors (Lipinski definition) is 3. The first-order valence-electron chi connectivity index (χ1n) is 43.6. The summed E-state index contributed by atoms with van der Waals surface area (Å²) in [6.07, 6.45) is -6.18. The molecule has 16 rings (SSSR count). The zero-order valence-electron chi connectivity index (χ0n) is 72.4. The minimum atomic E-state index is -4.72. The van der Waals surface area contributed by atoms with Crippen LogP contribution >= 0.6 is 0 Å². The third-order valence-corrected chi connectivity index (χ3v) is 26.3. The molecule has 9 aliphatic rings. The van der Waals surface area contributed by atoms with Gasteiger partial charge in [-0.05, 0) is 135 Å². The molecular weight excluding hydrogens is 1690 g/mol. The number of carbonyl (C=O) groups is 10. The lowest BCUT2D eigenvalue weighted by molar-refractivity contribution is -0.163. The Morgan fingerprint density at radius 1 is 0.473 bits per heavy atom. The number of benzene rings is 7. The summed E-state index contributed by atoms with van der Waals surface area (Å²) in [5.74, 6) is -6.15. The van der Waals surface area contributed by atoms with Crippen molar-refractivity contribution in [3.63, 3.8) is 0 Å². The lowest BCUT2D eigenvalue weighted by Crippen LogP contribution is -2.56. The number of ether oxygens (including phenoxy) is 3. The number of piperazine rings is 2. The highest BCUT2D eigenvalue weighted by molar-refractivity contribution is 6.06. The molecule has 0 spiro atoms. The number of alkyl halides is 6. The quantitative estimate of drug-likeness (QED) is 0.0450. The third kappa shape index (κ3) is 22.2. The van der Waals surface area contributed by atoms with Crippen molar-refractivity contribution < 1.29 is 102 Å². The second kappa shape index (κ2) is 39.6. The van der Waals surface area contributed by atoms with Gasteiger partial charge in [-0.2, -0.15) is 13.2 Å². The molecule has 3 N–H and O–H groups in total. The molecule has 7 aromatic carbocycles. The van der Waals surface area contributed by atoms with E-state index in [0.29, 0.717) is 71.7 Å². The van der Waals surface area contributed by atoms with Crippen LogP contribution in [0.5, 0.6) is 0 Å². The lowest BCUT2D eigenvalue weighted by Gasteiger charge is -2.35. The molecule has 10 atom stereocenters. The molecule has 5 saturated heterocycles. The van der Waals surface area contributed by atoms with E-state index in [1.807, 2.05) is 118 Å². The second-order valence-electron chi connectivity index (χ2n) is 35.6. The number of para-hydroxylation sites is 1. The maximum absolute atomic E-state index is 15.2. The predicted octanol–water partition coefficient (Wildman–Crippen LogP) is 12.5. The molecular formula is C96H106F9N11O13. The van der Waals surface area contributed by atoms with Gasteiger partial charge in [-0.3, -0.25) is 48.2 Å². The fourth-order valence-electron chi connectivity index (χ4n) is 17.9. The summed E-state index contributed by atoms with van der Waals surface area (Å²) in [5, 5.41) is 8.79. The molecule has 3 saturated carbocycles. The Balaban J connectivity index is 0.000000156. The number of likely N-dealkylation sites (N-methyl/N-ethyl adjacent to an activating group) is 1. The van der Waals surface area contributed by atoms with Crippen molar-refractivity contribution in [2.24, 2.45) is 0 Å². The predicted molar refractivity (Wildman–Crippen MR) is 457 cm³/mol. The Bertz CT molecular complexity index is 5280. The molecule has 686 valence electrons.